The smallest absolute Gasteiger partial charge is 0.277 e. The van der Waals surface area contributed by atoms with Gasteiger partial charge in [-0.05, 0) is 36.4 Å². The zero-order valence-electron chi connectivity index (χ0n) is 14.3. The molecule has 1 heterocycles. The molecule has 1 amide bonds. The van der Waals surface area contributed by atoms with E-state index in [2.05, 4.69) is 31.4 Å². The zero-order valence-corrected chi connectivity index (χ0v) is 16.7. The van der Waals surface area contributed by atoms with Crippen molar-refractivity contribution in [2.45, 2.75) is 11.8 Å². The van der Waals surface area contributed by atoms with Crippen LogP contribution in [0.4, 0.5) is 5.69 Å². The van der Waals surface area contributed by atoms with Gasteiger partial charge in [0.1, 0.15) is 0 Å². The van der Waals surface area contributed by atoms with Gasteiger partial charge in [-0.3, -0.25) is 4.79 Å². The van der Waals surface area contributed by atoms with E-state index in [1.54, 1.807) is 19.2 Å². The average Bonchev–Trinajstić information content (AvgIpc) is 3.15. The van der Waals surface area contributed by atoms with Crippen molar-refractivity contribution in [3.63, 3.8) is 0 Å². The van der Waals surface area contributed by atoms with Crippen molar-refractivity contribution in [1.82, 2.24) is 10.2 Å². The molecule has 0 unspecified atom stereocenters. The Kier molecular flexibility index (Phi) is 6.72. The van der Waals surface area contributed by atoms with Crippen molar-refractivity contribution in [2.75, 3.05) is 18.2 Å². The number of carbonyl (C=O) groups is 1. The van der Waals surface area contributed by atoms with Crippen molar-refractivity contribution in [2.24, 2.45) is 0 Å². The van der Waals surface area contributed by atoms with Crippen molar-refractivity contribution < 1.29 is 18.7 Å². The van der Waals surface area contributed by atoms with Crippen LogP contribution in [0.2, 0.25) is 0 Å². The highest BCUT2D eigenvalue weighted by molar-refractivity contribution is 9.10. The van der Waals surface area contributed by atoms with E-state index in [-0.39, 0.29) is 18.3 Å². The number of hydrogen-bond acceptors (Lipinski definition) is 7. The monoisotopic (exact) mass is 449 g/mol. The highest BCUT2D eigenvalue weighted by Crippen LogP contribution is 2.27. The minimum Gasteiger partial charge on any atom is -0.493 e. The second-order valence-electron chi connectivity index (χ2n) is 5.24. The van der Waals surface area contributed by atoms with Gasteiger partial charge in [0.15, 0.2) is 18.1 Å². The summed E-state index contributed by atoms with van der Waals surface area (Å²) in [6, 6.07) is 14.6. The number of para-hydroxylation sites is 2. The molecular weight excluding hydrogens is 434 g/mol. The lowest BCUT2D eigenvalue weighted by molar-refractivity contribution is -0.113. The topological polar surface area (TPSA) is 86.5 Å². The van der Waals surface area contributed by atoms with Gasteiger partial charge < -0.3 is 19.2 Å². The fourth-order valence-electron chi connectivity index (χ4n) is 2.09. The molecule has 0 aliphatic rings. The molecule has 3 aromatic rings. The third kappa shape index (κ3) is 5.73. The third-order valence-electron chi connectivity index (χ3n) is 3.32. The lowest BCUT2D eigenvalue weighted by Crippen LogP contribution is -2.13. The first kappa shape index (κ1) is 19.2. The van der Waals surface area contributed by atoms with Crippen LogP contribution >= 0.6 is 27.7 Å². The number of halogens is 1. The van der Waals surface area contributed by atoms with Gasteiger partial charge in [-0.25, -0.2) is 0 Å². The molecule has 0 fully saturated rings. The molecule has 0 bridgehead atoms. The largest absolute Gasteiger partial charge is 0.493 e. The Bertz CT molecular complexity index is 902. The molecule has 0 saturated heterocycles. The maximum Gasteiger partial charge on any atom is 0.277 e. The number of methoxy groups -OCH3 is 1. The molecule has 2 aromatic carbocycles. The van der Waals surface area contributed by atoms with Crippen LogP contribution < -0.4 is 14.8 Å². The SMILES string of the molecule is COc1ccccc1OCc1nnc(SCC(=O)Nc2ccc(Br)cc2)o1. The lowest BCUT2D eigenvalue weighted by Gasteiger charge is -2.07. The molecule has 9 heteroatoms. The van der Waals surface area contributed by atoms with Crippen molar-refractivity contribution in [1.29, 1.82) is 0 Å². The highest BCUT2D eigenvalue weighted by Gasteiger charge is 2.11. The van der Waals surface area contributed by atoms with E-state index in [0.29, 0.717) is 22.6 Å². The Morgan fingerprint density at radius 2 is 1.89 bits per heavy atom. The number of aromatic nitrogens is 2. The number of hydrogen-bond donors (Lipinski definition) is 1. The van der Waals surface area contributed by atoms with Crippen LogP contribution in [0.1, 0.15) is 5.89 Å². The molecular formula is C18H16BrN3O4S. The maximum atomic E-state index is 12.0. The quantitative estimate of drug-likeness (QED) is 0.516. The summed E-state index contributed by atoms with van der Waals surface area (Å²) in [5.41, 5.74) is 0.722. The van der Waals surface area contributed by atoms with E-state index in [4.69, 9.17) is 13.9 Å². The van der Waals surface area contributed by atoms with Gasteiger partial charge >= 0.3 is 0 Å². The third-order valence-corrected chi connectivity index (χ3v) is 4.67. The first-order valence-corrected chi connectivity index (χ1v) is 9.68. The van der Waals surface area contributed by atoms with Crippen LogP contribution in [0.5, 0.6) is 11.5 Å². The van der Waals surface area contributed by atoms with E-state index in [9.17, 15) is 4.79 Å². The number of nitrogens with zero attached hydrogens (tertiary/aromatic N) is 2. The number of thioether (sulfide) groups is 1. The van der Waals surface area contributed by atoms with Gasteiger partial charge in [-0.2, -0.15) is 0 Å². The zero-order chi connectivity index (χ0) is 19.1. The van der Waals surface area contributed by atoms with Gasteiger partial charge in [0.25, 0.3) is 11.1 Å². The van der Waals surface area contributed by atoms with Crippen LogP contribution in [-0.4, -0.2) is 29.0 Å². The fourth-order valence-corrected chi connectivity index (χ4v) is 2.93. The number of ether oxygens (including phenoxy) is 2. The Hall–Kier alpha value is -2.52. The molecule has 7 nitrogen and oxygen atoms in total. The Morgan fingerprint density at radius 3 is 2.63 bits per heavy atom. The normalized spacial score (nSPS) is 10.4. The minimum absolute atomic E-state index is 0.110. The number of carbonyl (C=O) groups excluding carboxylic acids is 1. The highest BCUT2D eigenvalue weighted by atomic mass is 79.9. The molecule has 0 radical (unpaired) electrons. The van der Waals surface area contributed by atoms with Gasteiger partial charge in [-0.15, -0.1) is 10.2 Å². The molecule has 27 heavy (non-hydrogen) atoms. The van der Waals surface area contributed by atoms with Crippen LogP contribution in [0.25, 0.3) is 0 Å². The Balaban J connectivity index is 1.47. The number of rotatable bonds is 8. The van der Waals surface area contributed by atoms with Crippen LogP contribution in [0.3, 0.4) is 0 Å². The molecule has 0 saturated carbocycles. The van der Waals surface area contributed by atoms with E-state index in [1.807, 2.05) is 36.4 Å². The molecule has 1 aromatic heterocycles. The molecule has 0 aliphatic carbocycles. The van der Waals surface area contributed by atoms with Crippen molar-refractivity contribution >= 4 is 39.3 Å². The minimum atomic E-state index is -0.160. The predicted octanol–water partition coefficient (Wildman–Crippen LogP) is 4.15. The van der Waals surface area contributed by atoms with E-state index in [1.165, 1.54) is 0 Å². The summed E-state index contributed by atoms with van der Waals surface area (Å²) in [6.45, 7) is 0.110. The number of nitrogens with one attached hydrogen (secondary N) is 1. The van der Waals surface area contributed by atoms with Crippen molar-refractivity contribution in [3.05, 3.63) is 58.9 Å². The second kappa shape index (κ2) is 9.43. The van der Waals surface area contributed by atoms with E-state index < -0.39 is 0 Å². The molecule has 0 atom stereocenters. The summed E-state index contributed by atoms with van der Waals surface area (Å²) in [7, 11) is 1.57. The number of amides is 1. The average molecular weight is 450 g/mol. The predicted molar refractivity (Wildman–Crippen MR) is 105 cm³/mol. The standard InChI is InChI=1S/C18H16BrN3O4S/c1-24-14-4-2-3-5-15(14)25-10-17-21-22-18(26-17)27-11-16(23)20-13-8-6-12(19)7-9-13/h2-9H,10-11H2,1H3,(H,20,23). The van der Waals surface area contributed by atoms with Gasteiger partial charge in [0, 0.05) is 10.2 Å². The molecule has 140 valence electrons. The lowest BCUT2D eigenvalue weighted by atomic mass is 10.3. The molecule has 1 N–H and O–H groups in total. The van der Waals surface area contributed by atoms with Crippen molar-refractivity contribution in [3.8, 4) is 11.5 Å². The van der Waals surface area contributed by atoms with E-state index in [0.717, 1.165) is 21.9 Å². The number of benzene rings is 2. The Morgan fingerprint density at radius 1 is 1.15 bits per heavy atom. The summed E-state index contributed by atoms with van der Waals surface area (Å²) in [4.78, 5) is 12.0. The maximum absolute atomic E-state index is 12.0. The molecule has 3 rings (SSSR count). The summed E-state index contributed by atoms with van der Waals surface area (Å²) in [5.74, 6) is 1.52. The van der Waals surface area contributed by atoms with Crippen LogP contribution in [0, 0.1) is 0 Å². The van der Waals surface area contributed by atoms with Gasteiger partial charge in [0.05, 0.1) is 12.9 Å². The van der Waals surface area contributed by atoms with Gasteiger partial charge in [-0.1, -0.05) is 39.8 Å². The summed E-state index contributed by atoms with van der Waals surface area (Å²) in [6.07, 6.45) is 0. The summed E-state index contributed by atoms with van der Waals surface area (Å²) < 4.78 is 17.3. The molecule has 0 spiro atoms. The number of anilines is 1. The Labute approximate surface area is 168 Å². The fraction of sp³-hybridized carbons (Fsp3) is 0.167. The second-order valence-corrected chi connectivity index (χ2v) is 7.09. The van der Waals surface area contributed by atoms with Crippen LogP contribution in [-0.2, 0) is 11.4 Å². The summed E-state index contributed by atoms with van der Waals surface area (Å²) >= 11 is 4.51. The molecule has 0 aliphatic heterocycles. The van der Waals surface area contributed by atoms with Gasteiger partial charge in [0.2, 0.25) is 5.91 Å². The van der Waals surface area contributed by atoms with Crippen LogP contribution in [0.15, 0.2) is 62.6 Å². The first-order chi connectivity index (χ1) is 13.1. The van der Waals surface area contributed by atoms with E-state index >= 15 is 0 Å². The summed E-state index contributed by atoms with van der Waals surface area (Å²) in [5, 5.41) is 10.9. The first-order valence-electron chi connectivity index (χ1n) is 7.90.